The highest BCUT2D eigenvalue weighted by atomic mass is 35.5. The third-order valence-corrected chi connectivity index (χ3v) is 4.93. The van der Waals surface area contributed by atoms with Gasteiger partial charge in [0.25, 0.3) is 0 Å². The van der Waals surface area contributed by atoms with Gasteiger partial charge in [-0.05, 0) is 25.5 Å². The summed E-state index contributed by atoms with van der Waals surface area (Å²) < 4.78 is 23.0. The lowest BCUT2D eigenvalue weighted by molar-refractivity contribution is 0.593. The van der Waals surface area contributed by atoms with E-state index in [2.05, 4.69) is 5.32 Å². The first-order chi connectivity index (χ1) is 7.85. The summed E-state index contributed by atoms with van der Waals surface area (Å²) >= 11 is 6.13. The number of sulfone groups is 1. The van der Waals surface area contributed by atoms with Crippen LogP contribution in [0.5, 0.6) is 0 Å². The van der Waals surface area contributed by atoms with Gasteiger partial charge in [0.05, 0.1) is 16.5 Å². The number of aryl methyl sites for hydroxylation is 1. The van der Waals surface area contributed by atoms with Crippen molar-refractivity contribution in [2.75, 3.05) is 16.8 Å². The first-order valence-corrected chi connectivity index (χ1v) is 7.77. The number of halogens is 1. The minimum Gasteiger partial charge on any atom is -0.380 e. The molecule has 1 aromatic carbocycles. The van der Waals surface area contributed by atoms with Gasteiger partial charge in [0.15, 0.2) is 9.84 Å². The first kappa shape index (κ1) is 14.3. The van der Waals surface area contributed by atoms with E-state index in [0.717, 1.165) is 11.3 Å². The van der Waals surface area contributed by atoms with Gasteiger partial charge in [-0.1, -0.05) is 30.7 Å². The first-order valence-electron chi connectivity index (χ1n) is 5.58. The molecule has 1 N–H and O–H groups in total. The summed E-state index contributed by atoms with van der Waals surface area (Å²) in [5.74, 6) is 0.286. The second-order valence-corrected chi connectivity index (χ2v) is 6.96. The summed E-state index contributed by atoms with van der Waals surface area (Å²) in [5.41, 5.74) is 1.76. The minimum atomic E-state index is -2.97. The van der Waals surface area contributed by atoms with Gasteiger partial charge in [-0.3, -0.25) is 0 Å². The molecule has 0 saturated carbocycles. The number of hydrogen-bond donors (Lipinski definition) is 1. The molecule has 96 valence electrons. The number of rotatable bonds is 5. The lowest BCUT2D eigenvalue weighted by Gasteiger charge is -2.16. The maximum absolute atomic E-state index is 11.5. The monoisotopic (exact) mass is 275 g/mol. The number of anilines is 1. The lowest BCUT2D eigenvalue weighted by atomic mass is 10.2. The van der Waals surface area contributed by atoms with E-state index in [1.165, 1.54) is 0 Å². The standard InChI is InChI=1S/C12H18ClNO2S/c1-4-17(15,16)8-10(3)14-11-7-5-6-9(2)12(11)13/h5-7,10,14H,4,8H2,1-3H3. The van der Waals surface area contributed by atoms with Crippen molar-refractivity contribution in [3.63, 3.8) is 0 Å². The summed E-state index contributed by atoms with van der Waals surface area (Å²) in [6, 6.07) is 5.51. The highest BCUT2D eigenvalue weighted by Gasteiger charge is 2.14. The Morgan fingerprint density at radius 1 is 1.41 bits per heavy atom. The average Bonchev–Trinajstić information content (AvgIpc) is 2.24. The highest BCUT2D eigenvalue weighted by Crippen LogP contribution is 2.25. The van der Waals surface area contributed by atoms with Crippen LogP contribution in [0.3, 0.4) is 0 Å². The van der Waals surface area contributed by atoms with Gasteiger partial charge < -0.3 is 5.32 Å². The maximum Gasteiger partial charge on any atom is 0.152 e. The zero-order chi connectivity index (χ0) is 13.1. The molecule has 0 aliphatic heterocycles. The Morgan fingerprint density at radius 3 is 2.65 bits per heavy atom. The molecule has 1 aromatic rings. The molecule has 1 unspecified atom stereocenters. The van der Waals surface area contributed by atoms with Crippen LogP contribution in [0.1, 0.15) is 19.4 Å². The zero-order valence-electron chi connectivity index (χ0n) is 10.3. The van der Waals surface area contributed by atoms with Crippen LogP contribution in [0.15, 0.2) is 18.2 Å². The van der Waals surface area contributed by atoms with Crippen molar-refractivity contribution in [3.05, 3.63) is 28.8 Å². The normalized spacial score (nSPS) is 13.4. The average molecular weight is 276 g/mol. The van der Waals surface area contributed by atoms with Crippen LogP contribution in [-0.4, -0.2) is 26.0 Å². The number of hydrogen-bond acceptors (Lipinski definition) is 3. The zero-order valence-corrected chi connectivity index (χ0v) is 11.9. The van der Waals surface area contributed by atoms with Crippen LogP contribution in [0.2, 0.25) is 5.02 Å². The lowest BCUT2D eigenvalue weighted by Crippen LogP contribution is -2.26. The molecule has 5 heteroatoms. The van der Waals surface area contributed by atoms with Crippen molar-refractivity contribution in [1.82, 2.24) is 0 Å². The van der Waals surface area contributed by atoms with E-state index in [0.29, 0.717) is 5.02 Å². The molecule has 3 nitrogen and oxygen atoms in total. The van der Waals surface area contributed by atoms with Gasteiger partial charge in [-0.25, -0.2) is 8.42 Å². The summed E-state index contributed by atoms with van der Waals surface area (Å²) in [5, 5.41) is 3.78. The van der Waals surface area contributed by atoms with Crippen LogP contribution in [0, 0.1) is 6.92 Å². The molecular formula is C12H18ClNO2S. The van der Waals surface area contributed by atoms with E-state index in [9.17, 15) is 8.42 Å². The van der Waals surface area contributed by atoms with Gasteiger partial charge in [0, 0.05) is 11.8 Å². The summed E-state index contributed by atoms with van der Waals surface area (Å²) in [6.07, 6.45) is 0. The second-order valence-electron chi connectivity index (χ2n) is 4.18. The van der Waals surface area contributed by atoms with Gasteiger partial charge in [0.1, 0.15) is 0 Å². The van der Waals surface area contributed by atoms with E-state index in [-0.39, 0.29) is 17.5 Å². The van der Waals surface area contributed by atoms with E-state index >= 15 is 0 Å². The molecule has 0 amide bonds. The van der Waals surface area contributed by atoms with E-state index in [1.54, 1.807) is 6.92 Å². The summed E-state index contributed by atoms with van der Waals surface area (Å²) in [6.45, 7) is 5.41. The third kappa shape index (κ3) is 4.21. The predicted octanol–water partition coefficient (Wildman–Crippen LogP) is 2.88. The minimum absolute atomic E-state index is 0.119. The molecule has 0 spiro atoms. The molecule has 1 rings (SSSR count). The molecular weight excluding hydrogens is 258 g/mol. The van der Waals surface area contributed by atoms with Crippen LogP contribution in [-0.2, 0) is 9.84 Å². The van der Waals surface area contributed by atoms with Gasteiger partial charge in [0.2, 0.25) is 0 Å². The van der Waals surface area contributed by atoms with Crippen LogP contribution in [0.4, 0.5) is 5.69 Å². The quantitative estimate of drug-likeness (QED) is 0.899. The molecule has 0 bridgehead atoms. The largest absolute Gasteiger partial charge is 0.380 e. The molecule has 0 aromatic heterocycles. The fourth-order valence-corrected chi connectivity index (χ4v) is 2.83. The van der Waals surface area contributed by atoms with Crippen molar-refractivity contribution < 1.29 is 8.42 Å². The van der Waals surface area contributed by atoms with Gasteiger partial charge in [-0.15, -0.1) is 0 Å². The number of nitrogens with one attached hydrogen (secondary N) is 1. The molecule has 0 saturated heterocycles. The molecule has 0 aliphatic rings. The SMILES string of the molecule is CCS(=O)(=O)CC(C)Nc1cccc(C)c1Cl. The van der Waals surface area contributed by atoms with Crippen LogP contribution in [0.25, 0.3) is 0 Å². The molecule has 0 aliphatic carbocycles. The third-order valence-electron chi connectivity index (χ3n) is 2.54. The fraction of sp³-hybridized carbons (Fsp3) is 0.500. The fourth-order valence-electron chi connectivity index (χ4n) is 1.56. The smallest absolute Gasteiger partial charge is 0.152 e. The Balaban J connectivity index is 2.75. The maximum atomic E-state index is 11.5. The van der Waals surface area contributed by atoms with E-state index < -0.39 is 9.84 Å². The Labute approximate surface area is 108 Å². The van der Waals surface area contributed by atoms with Crippen molar-refractivity contribution >= 4 is 27.1 Å². The highest BCUT2D eigenvalue weighted by molar-refractivity contribution is 7.91. The van der Waals surface area contributed by atoms with Gasteiger partial charge in [-0.2, -0.15) is 0 Å². The Morgan fingerprint density at radius 2 is 2.06 bits per heavy atom. The Hall–Kier alpha value is -0.740. The van der Waals surface area contributed by atoms with Crippen molar-refractivity contribution in [2.24, 2.45) is 0 Å². The Kier molecular flexibility index (Phi) is 4.83. The van der Waals surface area contributed by atoms with Crippen LogP contribution < -0.4 is 5.32 Å². The summed E-state index contributed by atoms with van der Waals surface area (Å²) in [4.78, 5) is 0. The van der Waals surface area contributed by atoms with E-state index in [4.69, 9.17) is 11.6 Å². The molecule has 0 radical (unpaired) electrons. The molecule has 0 heterocycles. The molecule has 17 heavy (non-hydrogen) atoms. The molecule has 1 atom stereocenters. The van der Waals surface area contributed by atoms with E-state index in [1.807, 2.05) is 32.0 Å². The Bertz CT molecular complexity index is 485. The van der Waals surface area contributed by atoms with Gasteiger partial charge >= 0.3 is 0 Å². The van der Waals surface area contributed by atoms with Crippen molar-refractivity contribution in [3.8, 4) is 0 Å². The molecule has 0 fully saturated rings. The second kappa shape index (κ2) is 5.74. The van der Waals surface area contributed by atoms with Crippen molar-refractivity contribution in [1.29, 1.82) is 0 Å². The van der Waals surface area contributed by atoms with Crippen molar-refractivity contribution in [2.45, 2.75) is 26.8 Å². The predicted molar refractivity (Wildman–Crippen MR) is 73.6 cm³/mol. The summed E-state index contributed by atoms with van der Waals surface area (Å²) in [7, 11) is -2.97. The topological polar surface area (TPSA) is 46.2 Å². The van der Waals surface area contributed by atoms with Crippen LogP contribution >= 0.6 is 11.6 Å². The number of benzene rings is 1.